The Labute approximate surface area is 173 Å². The Balaban J connectivity index is 1.65. The van der Waals surface area contributed by atoms with E-state index in [9.17, 15) is 9.59 Å². The first-order valence-corrected chi connectivity index (χ1v) is 9.94. The van der Waals surface area contributed by atoms with Crippen molar-refractivity contribution < 1.29 is 9.21 Å². The summed E-state index contributed by atoms with van der Waals surface area (Å²) in [5, 5.41) is 8.65. The van der Waals surface area contributed by atoms with Crippen LogP contribution in [0, 0.1) is 13.8 Å². The van der Waals surface area contributed by atoms with Crippen LogP contribution < -0.4 is 10.9 Å². The number of benzene rings is 1. The number of nitrogens with zero attached hydrogens (tertiary/aromatic N) is 3. The molecule has 3 aromatic heterocycles. The quantitative estimate of drug-likeness (QED) is 0.534. The summed E-state index contributed by atoms with van der Waals surface area (Å²) in [4.78, 5) is 26.0. The third kappa shape index (κ3) is 3.43. The Morgan fingerprint density at radius 3 is 2.60 bits per heavy atom. The van der Waals surface area contributed by atoms with Crippen LogP contribution >= 0.6 is 0 Å². The van der Waals surface area contributed by atoms with E-state index in [4.69, 9.17) is 4.42 Å². The lowest BCUT2D eigenvalue weighted by Gasteiger charge is -2.18. The van der Waals surface area contributed by atoms with Gasteiger partial charge in [-0.3, -0.25) is 9.59 Å². The number of nitrogens with one attached hydrogen (secondary N) is 1. The fraction of sp³-hybridized carbons (Fsp3) is 0.261. The molecule has 0 saturated carbocycles. The highest BCUT2D eigenvalue weighted by Crippen LogP contribution is 2.26. The second-order valence-electron chi connectivity index (χ2n) is 7.32. The number of carbonyl (C=O) groups excluding carboxylic acids is 1. The standard InChI is InChI=1S/C23H24N4O3/c1-15-20-14-25-27(18-8-5-4-6-9-18)23(29)21(20)16(2)26(15)17(3)22(28)24-12-11-19-10-7-13-30-19/h4-10,13-14,17H,11-12H2,1-3H3,(H,24,28). The van der Waals surface area contributed by atoms with Crippen molar-refractivity contribution in [2.45, 2.75) is 33.2 Å². The van der Waals surface area contributed by atoms with Gasteiger partial charge in [-0.25, -0.2) is 0 Å². The van der Waals surface area contributed by atoms with E-state index in [1.165, 1.54) is 4.68 Å². The van der Waals surface area contributed by atoms with E-state index in [0.29, 0.717) is 24.0 Å². The van der Waals surface area contributed by atoms with E-state index in [1.54, 1.807) is 12.5 Å². The van der Waals surface area contributed by atoms with Crippen LogP contribution in [0.5, 0.6) is 0 Å². The monoisotopic (exact) mass is 404 g/mol. The van der Waals surface area contributed by atoms with E-state index in [0.717, 1.165) is 22.5 Å². The Morgan fingerprint density at radius 1 is 1.13 bits per heavy atom. The molecule has 1 atom stereocenters. The molecule has 0 radical (unpaired) electrons. The van der Waals surface area contributed by atoms with Gasteiger partial charge in [0.05, 0.1) is 23.5 Å². The molecule has 30 heavy (non-hydrogen) atoms. The molecule has 0 aliphatic rings. The third-order valence-electron chi connectivity index (χ3n) is 5.47. The highest BCUT2D eigenvalue weighted by atomic mass is 16.3. The van der Waals surface area contributed by atoms with Crippen molar-refractivity contribution in [3.8, 4) is 5.69 Å². The largest absolute Gasteiger partial charge is 0.469 e. The van der Waals surface area contributed by atoms with E-state index in [1.807, 2.05) is 67.8 Å². The summed E-state index contributed by atoms with van der Waals surface area (Å²) in [6.07, 6.45) is 3.95. The molecule has 0 spiro atoms. The van der Waals surface area contributed by atoms with Crippen molar-refractivity contribution in [2.24, 2.45) is 0 Å². The van der Waals surface area contributed by atoms with Crippen LogP contribution in [0.2, 0.25) is 0 Å². The SMILES string of the molecule is Cc1c2cnn(-c3ccccc3)c(=O)c2c(C)n1C(C)C(=O)NCCc1ccco1. The summed E-state index contributed by atoms with van der Waals surface area (Å²) < 4.78 is 8.60. The molecule has 0 aliphatic carbocycles. The Morgan fingerprint density at radius 2 is 1.90 bits per heavy atom. The van der Waals surface area contributed by atoms with E-state index in [-0.39, 0.29) is 11.5 Å². The predicted molar refractivity (Wildman–Crippen MR) is 115 cm³/mol. The van der Waals surface area contributed by atoms with Gasteiger partial charge in [-0.2, -0.15) is 9.78 Å². The van der Waals surface area contributed by atoms with Gasteiger partial charge in [0.2, 0.25) is 5.91 Å². The summed E-state index contributed by atoms with van der Waals surface area (Å²) in [6, 6.07) is 12.6. The topological polar surface area (TPSA) is 82.1 Å². The molecule has 7 nitrogen and oxygen atoms in total. The van der Waals surface area contributed by atoms with E-state index < -0.39 is 6.04 Å². The minimum absolute atomic E-state index is 0.107. The molecule has 0 bridgehead atoms. The van der Waals surface area contributed by atoms with Crippen LogP contribution in [0.4, 0.5) is 0 Å². The summed E-state index contributed by atoms with van der Waals surface area (Å²) in [5.74, 6) is 0.721. The van der Waals surface area contributed by atoms with Crippen molar-refractivity contribution in [1.29, 1.82) is 0 Å². The van der Waals surface area contributed by atoms with Gasteiger partial charge >= 0.3 is 0 Å². The zero-order valence-electron chi connectivity index (χ0n) is 17.3. The zero-order chi connectivity index (χ0) is 21.3. The molecule has 4 rings (SSSR count). The van der Waals surface area contributed by atoms with Gasteiger partial charge < -0.3 is 14.3 Å². The Kier molecular flexibility index (Phi) is 5.27. The second kappa shape index (κ2) is 8.02. The van der Waals surface area contributed by atoms with Gasteiger partial charge in [0.1, 0.15) is 11.8 Å². The van der Waals surface area contributed by atoms with Crippen LogP contribution in [0.25, 0.3) is 16.5 Å². The van der Waals surface area contributed by atoms with E-state index >= 15 is 0 Å². The first-order valence-electron chi connectivity index (χ1n) is 9.94. The lowest BCUT2D eigenvalue weighted by atomic mass is 10.2. The molecular weight excluding hydrogens is 380 g/mol. The van der Waals surface area contributed by atoms with Crippen LogP contribution in [0.15, 0.2) is 64.1 Å². The first kappa shape index (κ1) is 19.7. The van der Waals surface area contributed by atoms with Crippen molar-refractivity contribution >= 4 is 16.7 Å². The number of hydrogen-bond acceptors (Lipinski definition) is 4. The number of rotatable bonds is 6. The number of aryl methyl sites for hydroxylation is 2. The highest BCUT2D eigenvalue weighted by Gasteiger charge is 2.23. The smallest absolute Gasteiger partial charge is 0.281 e. The van der Waals surface area contributed by atoms with E-state index in [2.05, 4.69) is 10.4 Å². The molecule has 4 aromatic rings. The number of amides is 1. The Bertz CT molecular complexity index is 1240. The minimum Gasteiger partial charge on any atom is -0.469 e. The first-order chi connectivity index (χ1) is 14.5. The summed E-state index contributed by atoms with van der Waals surface area (Å²) in [5.41, 5.74) is 2.12. The predicted octanol–water partition coefficient (Wildman–Crippen LogP) is 3.32. The maximum absolute atomic E-state index is 13.2. The molecule has 1 N–H and O–H groups in total. The number of furan rings is 1. The van der Waals surface area contributed by atoms with Crippen LogP contribution in [-0.2, 0) is 11.2 Å². The molecule has 1 unspecified atom stereocenters. The van der Waals surface area contributed by atoms with Gasteiger partial charge in [-0.05, 0) is 45.0 Å². The lowest BCUT2D eigenvalue weighted by molar-refractivity contribution is -0.123. The summed E-state index contributed by atoms with van der Waals surface area (Å²) >= 11 is 0. The highest BCUT2D eigenvalue weighted by molar-refractivity contribution is 5.89. The summed E-state index contributed by atoms with van der Waals surface area (Å²) in [6.45, 7) is 6.11. The molecule has 154 valence electrons. The lowest BCUT2D eigenvalue weighted by Crippen LogP contribution is -2.33. The minimum atomic E-state index is -0.460. The van der Waals surface area contributed by atoms with Crippen molar-refractivity contribution in [3.05, 3.63) is 82.4 Å². The van der Waals surface area contributed by atoms with Crippen molar-refractivity contribution in [2.75, 3.05) is 6.54 Å². The van der Waals surface area contributed by atoms with Crippen molar-refractivity contribution in [1.82, 2.24) is 19.7 Å². The molecule has 0 aliphatic heterocycles. The fourth-order valence-electron chi connectivity index (χ4n) is 3.94. The van der Waals surface area contributed by atoms with Gasteiger partial charge in [0, 0.05) is 29.7 Å². The third-order valence-corrected chi connectivity index (χ3v) is 5.47. The van der Waals surface area contributed by atoms with Gasteiger partial charge in [-0.1, -0.05) is 18.2 Å². The zero-order valence-corrected chi connectivity index (χ0v) is 17.3. The average Bonchev–Trinajstić information content (AvgIpc) is 3.35. The van der Waals surface area contributed by atoms with Crippen LogP contribution in [0.1, 0.15) is 30.1 Å². The number of para-hydroxylation sites is 1. The molecular formula is C23H24N4O3. The van der Waals surface area contributed by atoms with Gasteiger partial charge in [-0.15, -0.1) is 0 Å². The number of fused-ring (bicyclic) bond motifs is 1. The van der Waals surface area contributed by atoms with Gasteiger partial charge in [0.15, 0.2) is 0 Å². The Hall–Kier alpha value is -3.61. The molecule has 0 fully saturated rings. The number of hydrogen-bond donors (Lipinski definition) is 1. The van der Waals surface area contributed by atoms with Crippen LogP contribution in [-0.4, -0.2) is 26.8 Å². The summed E-state index contributed by atoms with van der Waals surface area (Å²) in [7, 11) is 0. The molecule has 1 aromatic carbocycles. The van der Waals surface area contributed by atoms with Crippen LogP contribution in [0.3, 0.4) is 0 Å². The normalized spacial score (nSPS) is 12.2. The number of carbonyl (C=O) groups is 1. The molecule has 1 amide bonds. The maximum Gasteiger partial charge on any atom is 0.281 e. The number of aromatic nitrogens is 3. The fourth-order valence-corrected chi connectivity index (χ4v) is 3.94. The van der Waals surface area contributed by atoms with Crippen molar-refractivity contribution in [3.63, 3.8) is 0 Å². The second-order valence-corrected chi connectivity index (χ2v) is 7.32. The average molecular weight is 404 g/mol. The maximum atomic E-state index is 13.2. The molecule has 7 heteroatoms. The molecule has 0 saturated heterocycles. The van der Waals surface area contributed by atoms with Gasteiger partial charge in [0.25, 0.3) is 5.56 Å². The molecule has 3 heterocycles.